The Morgan fingerprint density at radius 2 is 2.16 bits per heavy atom. The van der Waals surface area contributed by atoms with Crippen LogP contribution >= 0.6 is 0 Å². The van der Waals surface area contributed by atoms with Crippen LogP contribution in [-0.4, -0.2) is 40.2 Å². The minimum Gasteiger partial charge on any atom is -0.461 e. The topological polar surface area (TPSA) is 67.3 Å². The molecular formula is C13H18N4O2. The molecular weight excluding hydrogens is 244 g/mol. The summed E-state index contributed by atoms with van der Waals surface area (Å²) >= 11 is 0. The van der Waals surface area contributed by atoms with Crippen molar-refractivity contribution in [2.45, 2.75) is 32.5 Å². The molecule has 1 saturated heterocycles. The van der Waals surface area contributed by atoms with Crippen LogP contribution in [0.4, 0.5) is 0 Å². The summed E-state index contributed by atoms with van der Waals surface area (Å²) in [4.78, 5) is 6.75. The molecule has 2 unspecified atom stereocenters. The van der Waals surface area contributed by atoms with Crippen molar-refractivity contribution in [3.8, 4) is 11.6 Å². The maximum Gasteiger partial charge on any atom is 0.241 e. The van der Waals surface area contributed by atoms with Gasteiger partial charge < -0.3 is 14.3 Å². The van der Waals surface area contributed by atoms with Crippen LogP contribution in [0, 0.1) is 0 Å². The molecule has 0 aliphatic carbocycles. The number of rotatable bonds is 3. The van der Waals surface area contributed by atoms with Crippen LogP contribution < -0.4 is 5.32 Å². The molecule has 1 aliphatic heterocycles. The van der Waals surface area contributed by atoms with Crippen molar-refractivity contribution in [3.05, 3.63) is 24.3 Å². The summed E-state index contributed by atoms with van der Waals surface area (Å²) in [6.45, 7) is 7.06. The molecule has 1 aliphatic rings. The summed E-state index contributed by atoms with van der Waals surface area (Å²) in [5.74, 6) is 1.78. The van der Waals surface area contributed by atoms with Crippen molar-refractivity contribution < 1.29 is 8.94 Å². The van der Waals surface area contributed by atoms with E-state index in [1.54, 1.807) is 6.26 Å². The Kier molecular flexibility index (Phi) is 3.35. The lowest BCUT2D eigenvalue weighted by atomic mass is 10.1. The van der Waals surface area contributed by atoms with E-state index < -0.39 is 0 Å². The summed E-state index contributed by atoms with van der Waals surface area (Å²) < 4.78 is 10.6. The molecule has 3 rings (SSSR count). The zero-order valence-electron chi connectivity index (χ0n) is 11.2. The van der Waals surface area contributed by atoms with Crippen molar-refractivity contribution in [3.63, 3.8) is 0 Å². The molecule has 0 aromatic carbocycles. The summed E-state index contributed by atoms with van der Waals surface area (Å²) in [7, 11) is 0. The molecule has 6 heteroatoms. The summed E-state index contributed by atoms with van der Waals surface area (Å²) in [6, 6.07) is 4.56. The van der Waals surface area contributed by atoms with E-state index in [9.17, 15) is 0 Å². The normalized spacial score (nSPS) is 24.7. The van der Waals surface area contributed by atoms with E-state index in [2.05, 4.69) is 34.2 Å². The van der Waals surface area contributed by atoms with Gasteiger partial charge in [0.1, 0.15) is 0 Å². The van der Waals surface area contributed by atoms with Gasteiger partial charge in [0.05, 0.1) is 12.8 Å². The third-order valence-corrected chi connectivity index (χ3v) is 3.54. The van der Waals surface area contributed by atoms with Crippen LogP contribution in [0.3, 0.4) is 0 Å². The van der Waals surface area contributed by atoms with E-state index in [0.29, 0.717) is 36.1 Å². The van der Waals surface area contributed by atoms with Crippen LogP contribution in [0.15, 0.2) is 27.3 Å². The largest absolute Gasteiger partial charge is 0.461 e. The second-order valence-corrected chi connectivity index (χ2v) is 5.02. The van der Waals surface area contributed by atoms with E-state index in [4.69, 9.17) is 8.94 Å². The molecule has 19 heavy (non-hydrogen) atoms. The van der Waals surface area contributed by atoms with E-state index in [0.717, 1.165) is 13.1 Å². The Balaban J connectivity index is 1.73. The molecule has 0 saturated carbocycles. The Morgan fingerprint density at radius 3 is 2.84 bits per heavy atom. The van der Waals surface area contributed by atoms with Gasteiger partial charge in [0, 0.05) is 25.2 Å². The van der Waals surface area contributed by atoms with E-state index >= 15 is 0 Å². The van der Waals surface area contributed by atoms with Crippen molar-refractivity contribution in [1.82, 2.24) is 20.4 Å². The molecule has 2 atom stereocenters. The average molecular weight is 262 g/mol. The highest BCUT2D eigenvalue weighted by atomic mass is 16.5. The average Bonchev–Trinajstić information content (AvgIpc) is 3.04. The molecule has 0 bridgehead atoms. The SMILES string of the molecule is CC1CNCC(C)N1Cc1nc(-c2ccco2)no1. The smallest absolute Gasteiger partial charge is 0.241 e. The van der Waals surface area contributed by atoms with Crippen LogP contribution in [0.25, 0.3) is 11.6 Å². The second-order valence-electron chi connectivity index (χ2n) is 5.02. The number of hydrogen-bond acceptors (Lipinski definition) is 6. The Labute approximate surface area is 111 Å². The van der Waals surface area contributed by atoms with Crippen molar-refractivity contribution >= 4 is 0 Å². The van der Waals surface area contributed by atoms with Gasteiger partial charge >= 0.3 is 0 Å². The monoisotopic (exact) mass is 262 g/mol. The standard InChI is InChI=1S/C13H18N4O2/c1-9-6-14-7-10(2)17(9)8-12-15-13(16-19-12)11-4-3-5-18-11/h3-5,9-10,14H,6-8H2,1-2H3. The first kappa shape index (κ1) is 12.4. The van der Waals surface area contributed by atoms with Crippen LogP contribution in [0.5, 0.6) is 0 Å². The van der Waals surface area contributed by atoms with Crippen molar-refractivity contribution in [2.24, 2.45) is 0 Å². The maximum atomic E-state index is 5.30. The maximum absolute atomic E-state index is 5.30. The van der Waals surface area contributed by atoms with Gasteiger partial charge in [-0.05, 0) is 26.0 Å². The number of furan rings is 1. The van der Waals surface area contributed by atoms with Gasteiger partial charge in [-0.25, -0.2) is 0 Å². The van der Waals surface area contributed by atoms with E-state index in [1.807, 2.05) is 12.1 Å². The van der Waals surface area contributed by atoms with Crippen molar-refractivity contribution in [1.29, 1.82) is 0 Å². The number of hydrogen-bond donors (Lipinski definition) is 1. The van der Waals surface area contributed by atoms with Crippen molar-refractivity contribution in [2.75, 3.05) is 13.1 Å². The first-order valence-corrected chi connectivity index (χ1v) is 6.57. The Bertz CT molecular complexity index is 512. The molecule has 1 fully saturated rings. The summed E-state index contributed by atoms with van der Waals surface area (Å²) in [5, 5.41) is 7.36. The lowest BCUT2D eigenvalue weighted by Crippen LogP contribution is -2.54. The molecule has 0 spiro atoms. The van der Waals surface area contributed by atoms with E-state index in [-0.39, 0.29) is 0 Å². The number of aromatic nitrogens is 2. The lowest BCUT2D eigenvalue weighted by molar-refractivity contribution is 0.0947. The molecule has 2 aromatic heterocycles. The highest BCUT2D eigenvalue weighted by molar-refractivity contribution is 5.44. The molecule has 3 heterocycles. The highest BCUT2D eigenvalue weighted by Gasteiger charge is 2.26. The molecule has 2 aromatic rings. The number of nitrogens with one attached hydrogen (secondary N) is 1. The third-order valence-electron chi connectivity index (χ3n) is 3.54. The van der Waals surface area contributed by atoms with Gasteiger partial charge in [0.15, 0.2) is 5.76 Å². The zero-order chi connectivity index (χ0) is 13.2. The number of piperazine rings is 1. The van der Waals surface area contributed by atoms with Crippen LogP contribution in [0.2, 0.25) is 0 Å². The minimum absolute atomic E-state index is 0.461. The third kappa shape index (κ3) is 2.54. The van der Waals surface area contributed by atoms with Crippen LogP contribution in [0.1, 0.15) is 19.7 Å². The summed E-state index contributed by atoms with van der Waals surface area (Å²) in [5.41, 5.74) is 0. The molecule has 102 valence electrons. The molecule has 0 amide bonds. The highest BCUT2D eigenvalue weighted by Crippen LogP contribution is 2.18. The molecule has 1 N–H and O–H groups in total. The minimum atomic E-state index is 0.461. The fourth-order valence-electron chi connectivity index (χ4n) is 2.46. The van der Waals surface area contributed by atoms with E-state index in [1.165, 1.54) is 0 Å². The Morgan fingerprint density at radius 1 is 1.37 bits per heavy atom. The predicted molar refractivity (Wildman–Crippen MR) is 69.3 cm³/mol. The first-order chi connectivity index (χ1) is 9.24. The van der Waals surface area contributed by atoms with Gasteiger partial charge in [0.25, 0.3) is 0 Å². The zero-order valence-corrected chi connectivity index (χ0v) is 11.2. The molecule has 0 radical (unpaired) electrons. The van der Waals surface area contributed by atoms with Gasteiger partial charge in [-0.2, -0.15) is 4.98 Å². The fourth-order valence-corrected chi connectivity index (χ4v) is 2.46. The fraction of sp³-hybridized carbons (Fsp3) is 0.538. The second kappa shape index (κ2) is 5.14. The van der Waals surface area contributed by atoms with Gasteiger partial charge in [-0.15, -0.1) is 0 Å². The van der Waals surface area contributed by atoms with Gasteiger partial charge in [0.2, 0.25) is 11.7 Å². The van der Waals surface area contributed by atoms with Gasteiger partial charge in [-0.1, -0.05) is 5.16 Å². The predicted octanol–water partition coefficient (Wildman–Crippen LogP) is 1.51. The first-order valence-electron chi connectivity index (χ1n) is 6.57. The van der Waals surface area contributed by atoms with Gasteiger partial charge in [-0.3, -0.25) is 4.90 Å². The molecule has 6 nitrogen and oxygen atoms in total. The summed E-state index contributed by atoms with van der Waals surface area (Å²) in [6.07, 6.45) is 1.60. The number of nitrogens with zero attached hydrogens (tertiary/aromatic N) is 3. The lowest BCUT2D eigenvalue weighted by Gasteiger charge is -2.38. The van der Waals surface area contributed by atoms with Crippen LogP contribution in [-0.2, 0) is 6.54 Å². The quantitative estimate of drug-likeness (QED) is 0.904. The Hall–Kier alpha value is -1.66.